The van der Waals surface area contributed by atoms with E-state index in [1.165, 1.54) is 7.11 Å². The van der Waals surface area contributed by atoms with E-state index in [1.807, 2.05) is 0 Å². The van der Waals surface area contributed by atoms with Gasteiger partial charge in [-0.2, -0.15) is 0 Å². The van der Waals surface area contributed by atoms with Crippen LogP contribution in [0.2, 0.25) is 5.02 Å². The van der Waals surface area contributed by atoms with Gasteiger partial charge in [0.05, 0.1) is 24.9 Å². The topological polar surface area (TPSA) is 59.6 Å². The number of carbonyl (C=O) groups excluding carboxylic acids is 1. The molecule has 21 heavy (non-hydrogen) atoms. The van der Waals surface area contributed by atoms with E-state index >= 15 is 0 Å². The minimum Gasteiger partial charge on any atom is -0.495 e. The zero-order valence-corrected chi connectivity index (χ0v) is 13.1. The zero-order valence-electron chi connectivity index (χ0n) is 12.4. The summed E-state index contributed by atoms with van der Waals surface area (Å²) in [6, 6.07) is 3.32. The lowest BCUT2D eigenvalue weighted by molar-refractivity contribution is -0.117. The first kappa shape index (κ1) is 15.9. The molecule has 1 atom stereocenters. The average Bonchev–Trinajstić information content (AvgIpc) is 2.49. The molecule has 1 heterocycles. The highest BCUT2D eigenvalue weighted by Crippen LogP contribution is 2.36. The van der Waals surface area contributed by atoms with Crippen LogP contribution in [-0.2, 0) is 4.79 Å². The van der Waals surface area contributed by atoms with Crippen molar-refractivity contribution in [3.05, 3.63) is 17.2 Å². The number of methoxy groups -OCH3 is 2. The molecule has 1 aromatic carbocycles. The summed E-state index contributed by atoms with van der Waals surface area (Å²) in [5, 5.41) is 6.64. The van der Waals surface area contributed by atoms with Crippen LogP contribution >= 0.6 is 11.6 Å². The average molecular weight is 313 g/mol. The molecule has 1 fully saturated rings. The molecule has 5 nitrogen and oxygen atoms in total. The zero-order chi connectivity index (χ0) is 15.2. The number of nitrogens with one attached hydrogen (secondary N) is 2. The molecule has 1 aromatic rings. The molecule has 0 saturated carbocycles. The SMILES string of the molecule is COc1cc(NC(=O)CC2CCCNC2)c(OC)cc1Cl. The van der Waals surface area contributed by atoms with Crippen molar-refractivity contribution < 1.29 is 14.3 Å². The quantitative estimate of drug-likeness (QED) is 0.877. The van der Waals surface area contributed by atoms with E-state index in [2.05, 4.69) is 10.6 Å². The Balaban J connectivity index is 2.05. The van der Waals surface area contributed by atoms with Crippen molar-refractivity contribution in [1.82, 2.24) is 5.32 Å². The Morgan fingerprint density at radius 2 is 2.14 bits per heavy atom. The fourth-order valence-electron chi connectivity index (χ4n) is 2.52. The van der Waals surface area contributed by atoms with Gasteiger partial charge in [-0.25, -0.2) is 0 Å². The fraction of sp³-hybridized carbons (Fsp3) is 0.533. The van der Waals surface area contributed by atoms with Crippen LogP contribution in [0, 0.1) is 5.92 Å². The van der Waals surface area contributed by atoms with Gasteiger partial charge in [0.15, 0.2) is 0 Å². The number of rotatable bonds is 5. The van der Waals surface area contributed by atoms with Crippen LogP contribution in [0.15, 0.2) is 12.1 Å². The van der Waals surface area contributed by atoms with Gasteiger partial charge in [-0.15, -0.1) is 0 Å². The van der Waals surface area contributed by atoms with Crippen molar-refractivity contribution in [2.45, 2.75) is 19.3 Å². The van der Waals surface area contributed by atoms with Crippen LogP contribution in [0.4, 0.5) is 5.69 Å². The second-order valence-corrected chi connectivity index (χ2v) is 5.56. The van der Waals surface area contributed by atoms with Crippen LogP contribution in [-0.4, -0.2) is 33.2 Å². The van der Waals surface area contributed by atoms with Gasteiger partial charge in [0.25, 0.3) is 0 Å². The molecule has 0 aromatic heterocycles. The van der Waals surface area contributed by atoms with Crippen LogP contribution in [0.1, 0.15) is 19.3 Å². The number of ether oxygens (including phenoxy) is 2. The summed E-state index contributed by atoms with van der Waals surface area (Å²) in [5.41, 5.74) is 0.576. The molecule has 2 rings (SSSR count). The second-order valence-electron chi connectivity index (χ2n) is 5.15. The smallest absolute Gasteiger partial charge is 0.224 e. The van der Waals surface area contributed by atoms with Gasteiger partial charge in [-0.05, 0) is 31.8 Å². The Morgan fingerprint density at radius 1 is 1.38 bits per heavy atom. The Hall–Kier alpha value is -1.46. The maximum atomic E-state index is 12.2. The van der Waals surface area contributed by atoms with Gasteiger partial charge in [0, 0.05) is 18.6 Å². The van der Waals surface area contributed by atoms with Gasteiger partial charge in [-0.3, -0.25) is 4.79 Å². The lowest BCUT2D eigenvalue weighted by Gasteiger charge is -2.22. The molecule has 6 heteroatoms. The maximum absolute atomic E-state index is 12.2. The van der Waals surface area contributed by atoms with Crippen molar-refractivity contribution in [2.24, 2.45) is 5.92 Å². The summed E-state index contributed by atoms with van der Waals surface area (Å²) in [4.78, 5) is 12.2. The number of piperidine rings is 1. The van der Waals surface area contributed by atoms with Gasteiger partial charge < -0.3 is 20.1 Å². The van der Waals surface area contributed by atoms with E-state index in [9.17, 15) is 4.79 Å². The van der Waals surface area contributed by atoms with Crippen LogP contribution in [0.25, 0.3) is 0 Å². The van der Waals surface area contributed by atoms with E-state index in [4.69, 9.17) is 21.1 Å². The Morgan fingerprint density at radius 3 is 2.76 bits per heavy atom. The standard InChI is InChI=1S/C15H21ClN2O3/c1-20-13-8-12(14(21-2)7-11(13)16)18-15(19)6-10-4-3-5-17-9-10/h7-8,10,17H,3-6,9H2,1-2H3,(H,18,19). The van der Waals surface area contributed by atoms with E-state index in [1.54, 1.807) is 19.2 Å². The molecule has 1 amide bonds. The highest BCUT2D eigenvalue weighted by molar-refractivity contribution is 6.32. The van der Waals surface area contributed by atoms with E-state index in [-0.39, 0.29) is 5.91 Å². The van der Waals surface area contributed by atoms with Crippen LogP contribution < -0.4 is 20.1 Å². The molecule has 0 spiro atoms. The molecular formula is C15H21ClN2O3. The third kappa shape index (κ3) is 4.25. The predicted molar refractivity (Wildman–Crippen MR) is 83.4 cm³/mol. The molecule has 0 aliphatic carbocycles. The number of carbonyl (C=O) groups is 1. The van der Waals surface area contributed by atoms with Crippen molar-refractivity contribution in [2.75, 3.05) is 32.6 Å². The van der Waals surface area contributed by atoms with Gasteiger partial charge in [0.1, 0.15) is 11.5 Å². The highest BCUT2D eigenvalue weighted by atomic mass is 35.5. The van der Waals surface area contributed by atoms with Crippen LogP contribution in [0.5, 0.6) is 11.5 Å². The lowest BCUT2D eigenvalue weighted by atomic mass is 9.96. The van der Waals surface area contributed by atoms with Gasteiger partial charge in [0.2, 0.25) is 5.91 Å². The van der Waals surface area contributed by atoms with Gasteiger partial charge in [-0.1, -0.05) is 11.6 Å². The number of halogens is 1. The summed E-state index contributed by atoms with van der Waals surface area (Å²) in [6.45, 7) is 1.94. The van der Waals surface area contributed by atoms with E-state index in [0.29, 0.717) is 34.5 Å². The number of hydrogen-bond acceptors (Lipinski definition) is 4. The Labute approximate surface area is 130 Å². The number of anilines is 1. The monoisotopic (exact) mass is 312 g/mol. The lowest BCUT2D eigenvalue weighted by Crippen LogP contribution is -2.32. The third-order valence-electron chi connectivity index (χ3n) is 3.62. The molecule has 0 radical (unpaired) electrons. The van der Waals surface area contributed by atoms with Crippen molar-refractivity contribution >= 4 is 23.2 Å². The molecule has 0 bridgehead atoms. The van der Waals surface area contributed by atoms with Crippen molar-refractivity contribution in [3.63, 3.8) is 0 Å². The summed E-state index contributed by atoms with van der Waals surface area (Å²) in [6.07, 6.45) is 2.71. The predicted octanol–water partition coefficient (Wildman–Crippen LogP) is 2.69. The highest BCUT2D eigenvalue weighted by Gasteiger charge is 2.18. The van der Waals surface area contributed by atoms with E-state index in [0.717, 1.165) is 25.9 Å². The third-order valence-corrected chi connectivity index (χ3v) is 3.92. The molecule has 1 aliphatic heterocycles. The summed E-state index contributed by atoms with van der Waals surface area (Å²) in [7, 11) is 3.08. The Kier molecular flexibility index (Phi) is 5.70. The first-order chi connectivity index (χ1) is 10.1. The van der Waals surface area contributed by atoms with Gasteiger partial charge >= 0.3 is 0 Å². The molecule has 1 saturated heterocycles. The largest absolute Gasteiger partial charge is 0.495 e. The number of benzene rings is 1. The first-order valence-electron chi connectivity index (χ1n) is 7.06. The first-order valence-corrected chi connectivity index (χ1v) is 7.44. The van der Waals surface area contributed by atoms with Crippen molar-refractivity contribution in [3.8, 4) is 11.5 Å². The van der Waals surface area contributed by atoms with Crippen LogP contribution in [0.3, 0.4) is 0 Å². The molecular weight excluding hydrogens is 292 g/mol. The molecule has 1 unspecified atom stereocenters. The normalized spacial score (nSPS) is 18.1. The molecule has 116 valence electrons. The fourth-order valence-corrected chi connectivity index (χ4v) is 2.75. The maximum Gasteiger partial charge on any atom is 0.224 e. The van der Waals surface area contributed by atoms with E-state index < -0.39 is 0 Å². The summed E-state index contributed by atoms with van der Waals surface area (Å²) < 4.78 is 10.4. The molecule has 1 aliphatic rings. The summed E-state index contributed by atoms with van der Waals surface area (Å²) in [5.74, 6) is 1.40. The number of amides is 1. The minimum absolute atomic E-state index is 0.0219. The van der Waals surface area contributed by atoms with Crippen molar-refractivity contribution in [1.29, 1.82) is 0 Å². The summed E-state index contributed by atoms with van der Waals surface area (Å²) >= 11 is 6.05. The minimum atomic E-state index is -0.0219. The number of hydrogen-bond donors (Lipinski definition) is 2. The molecule has 2 N–H and O–H groups in total. The second kappa shape index (κ2) is 7.52. The Bertz CT molecular complexity index is 502.